The van der Waals surface area contributed by atoms with Gasteiger partial charge in [-0.2, -0.15) is 0 Å². The summed E-state index contributed by atoms with van der Waals surface area (Å²) in [5, 5.41) is 8.93. The van der Waals surface area contributed by atoms with Crippen LogP contribution in [0.1, 0.15) is 19.0 Å². The van der Waals surface area contributed by atoms with Gasteiger partial charge in [0.1, 0.15) is 5.82 Å². The van der Waals surface area contributed by atoms with Gasteiger partial charge in [-0.1, -0.05) is 13.3 Å². The van der Waals surface area contributed by atoms with E-state index in [0.29, 0.717) is 0 Å². The van der Waals surface area contributed by atoms with Gasteiger partial charge < -0.3 is 10.0 Å². The monoisotopic (exact) mass is 341 g/mol. The molecule has 7 nitrogen and oxygen atoms in total. The van der Waals surface area contributed by atoms with E-state index in [4.69, 9.17) is 10.1 Å². The fraction of sp³-hybridized carbons (Fsp3) is 0.444. The van der Waals surface area contributed by atoms with Crippen LogP contribution in [0.15, 0.2) is 30.6 Å². The third kappa shape index (κ3) is 4.51. The number of rotatable bonds is 6. The zero-order valence-corrected chi connectivity index (χ0v) is 14.4. The van der Waals surface area contributed by atoms with Crippen molar-refractivity contribution in [3.05, 3.63) is 36.3 Å². The number of hydrogen-bond donors (Lipinski definition) is 1. The second-order valence-corrected chi connectivity index (χ2v) is 6.18. The van der Waals surface area contributed by atoms with E-state index in [0.717, 1.165) is 61.9 Å². The van der Waals surface area contributed by atoms with Crippen molar-refractivity contribution in [2.75, 3.05) is 37.6 Å². The molecule has 2 aromatic rings. The Kier molecular flexibility index (Phi) is 5.55. The minimum Gasteiger partial charge on any atom is -0.480 e. The van der Waals surface area contributed by atoms with Crippen LogP contribution in [0.25, 0.3) is 11.4 Å². The fourth-order valence-electron chi connectivity index (χ4n) is 2.99. The van der Waals surface area contributed by atoms with Gasteiger partial charge in [-0.15, -0.1) is 0 Å². The molecule has 25 heavy (non-hydrogen) atoms. The molecule has 0 saturated carbocycles. The molecule has 0 radical (unpaired) electrons. The average Bonchev–Trinajstić information content (AvgIpc) is 2.63. The first-order valence-corrected chi connectivity index (χ1v) is 8.63. The Morgan fingerprint density at radius 3 is 2.52 bits per heavy atom. The summed E-state index contributed by atoms with van der Waals surface area (Å²) < 4.78 is 0. The molecular weight excluding hydrogens is 318 g/mol. The number of nitrogens with zero attached hydrogens (tertiary/aromatic N) is 5. The zero-order valence-electron chi connectivity index (χ0n) is 14.4. The molecule has 0 amide bonds. The molecule has 7 heteroatoms. The van der Waals surface area contributed by atoms with Crippen molar-refractivity contribution in [2.24, 2.45) is 0 Å². The van der Waals surface area contributed by atoms with Crippen LogP contribution in [-0.2, 0) is 11.2 Å². The van der Waals surface area contributed by atoms with Crippen LogP contribution in [0.4, 0.5) is 5.82 Å². The topological polar surface area (TPSA) is 82.5 Å². The molecule has 0 bridgehead atoms. The predicted octanol–water partition coefficient (Wildman–Crippen LogP) is 1.70. The summed E-state index contributed by atoms with van der Waals surface area (Å²) in [6.07, 6.45) is 5.43. The molecule has 132 valence electrons. The highest BCUT2D eigenvalue weighted by molar-refractivity contribution is 5.69. The van der Waals surface area contributed by atoms with Crippen LogP contribution in [0, 0.1) is 0 Å². The third-order valence-electron chi connectivity index (χ3n) is 4.27. The molecule has 2 aromatic heterocycles. The number of aliphatic carboxylic acids is 1. The van der Waals surface area contributed by atoms with Crippen molar-refractivity contribution in [3.63, 3.8) is 0 Å². The highest BCUT2D eigenvalue weighted by Gasteiger charge is 2.20. The Morgan fingerprint density at radius 1 is 1.16 bits per heavy atom. The molecule has 1 fully saturated rings. The van der Waals surface area contributed by atoms with Crippen LogP contribution in [0.3, 0.4) is 0 Å². The Balaban J connectivity index is 1.81. The van der Waals surface area contributed by atoms with Crippen molar-refractivity contribution < 1.29 is 9.90 Å². The first-order valence-electron chi connectivity index (χ1n) is 8.63. The lowest BCUT2D eigenvalue weighted by molar-refractivity contribution is -0.138. The van der Waals surface area contributed by atoms with Crippen LogP contribution in [-0.4, -0.2) is 63.7 Å². The lowest BCUT2D eigenvalue weighted by atomic mass is 10.2. The number of aryl methyl sites for hydroxylation is 1. The molecule has 0 aliphatic carbocycles. The lowest BCUT2D eigenvalue weighted by Gasteiger charge is -2.34. The van der Waals surface area contributed by atoms with Gasteiger partial charge >= 0.3 is 5.97 Å². The molecule has 0 spiro atoms. The molecule has 0 aromatic carbocycles. The number of carbonyl (C=O) groups is 1. The summed E-state index contributed by atoms with van der Waals surface area (Å²) in [6, 6.07) is 5.89. The summed E-state index contributed by atoms with van der Waals surface area (Å²) in [4.78, 5) is 28.5. The third-order valence-corrected chi connectivity index (χ3v) is 4.27. The van der Waals surface area contributed by atoms with Crippen LogP contribution < -0.4 is 4.90 Å². The summed E-state index contributed by atoms with van der Waals surface area (Å²) >= 11 is 0. The molecule has 3 heterocycles. The van der Waals surface area contributed by atoms with E-state index in [2.05, 4.69) is 27.9 Å². The van der Waals surface area contributed by atoms with Crippen LogP contribution in [0.2, 0.25) is 0 Å². The quantitative estimate of drug-likeness (QED) is 0.856. The Hall–Kier alpha value is -2.54. The molecule has 0 unspecified atom stereocenters. The molecule has 1 aliphatic rings. The molecule has 0 atom stereocenters. The molecule has 1 N–H and O–H groups in total. The van der Waals surface area contributed by atoms with Gasteiger partial charge in [0, 0.05) is 55.9 Å². The predicted molar refractivity (Wildman–Crippen MR) is 95.5 cm³/mol. The summed E-state index contributed by atoms with van der Waals surface area (Å²) in [7, 11) is 0. The van der Waals surface area contributed by atoms with Crippen molar-refractivity contribution in [3.8, 4) is 11.4 Å². The van der Waals surface area contributed by atoms with E-state index in [1.54, 1.807) is 12.4 Å². The zero-order chi connectivity index (χ0) is 17.6. The van der Waals surface area contributed by atoms with Gasteiger partial charge in [0.25, 0.3) is 0 Å². The highest BCUT2D eigenvalue weighted by Crippen LogP contribution is 2.21. The molecular formula is C18H23N5O2. The van der Waals surface area contributed by atoms with Gasteiger partial charge in [-0.3, -0.25) is 14.7 Å². The number of piperazine rings is 1. The van der Waals surface area contributed by atoms with Crippen molar-refractivity contribution in [1.82, 2.24) is 19.9 Å². The summed E-state index contributed by atoms with van der Waals surface area (Å²) in [5.74, 6) is 0.859. The largest absolute Gasteiger partial charge is 0.480 e. The highest BCUT2D eigenvalue weighted by atomic mass is 16.4. The first-order chi connectivity index (χ1) is 12.2. The number of carboxylic acids is 1. The van der Waals surface area contributed by atoms with E-state index in [9.17, 15) is 4.79 Å². The van der Waals surface area contributed by atoms with Gasteiger partial charge in [-0.25, -0.2) is 9.97 Å². The van der Waals surface area contributed by atoms with E-state index >= 15 is 0 Å². The molecule has 1 saturated heterocycles. The maximum atomic E-state index is 10.9. The minimum atomic E-state index is -0.777. The van der Waals surface area contributed by atoms with E-state index < -0.39 is 5.97 Å². The smallest absolute Gasteiger partial charge is 0.317 e. The molecule has 3 rings (SSSR count). The van der Waals surface area contributed by atoms with Gasteiger partial charge in [0.05, 0.1) is 6.54 Å². The van der Waals surface area contributed by atoms with Crippen LogP contribution in [0.5, 0.6) is 0 Å². The average molecular weight is 341 g/mol. The Bertz CT molecular complexity index is 715. The number of hydrogen-bond acceptors (Lipinski definition) is 6. The second-order valence-electron chi connectivity index (χ2n) is 6.18. The van der Waals surface area contributed by atoms with Gasteiger partial charge in [-0.05, 0) is 18.6 Å². The number of anilines is 1. The summed E-state index contributed by atoms with van der Waals surface area (Å²) in [5.41, 5.74) is 1.99. The summed E-state index contributed by atoms with van der Waals surface area (Å²) in [6.45, 7) is 5.23. The van der Waals surface area contributed by atoms with Crippen LogP contribution >= 0.6 is 0 Å². The Morgan fingerprint density at radius 2 is 1.88 bits per heavy atom. The number of aromatic nitrogens is 3. The van der Waals surface area contributed by atoms with Crippen molar-refractivity contribution in [2.45, 2.75) is 19.8 Å². The maximum absolute atomic E-state index is 10.9. The van der Waals surface area contributed by atoms with E-state index in [1.807, 2.05) is 17.0 Å². The second kappa shape index (κ2) is 8.02. The lowest BCUT2D eigenvalue weighted by Crippen LogP contribution is -2.48. The van der Waals surface area contributed by atoms with Gasteiger partial charge in [0.15, 0.2) is 5.82 Å². The first kappa shape index (κ1) is 17.3. The van der Waals surface area contributed by atoms with Gasteiger partial charge in [0.2, 0.25) is 0 Å². The van der Waals surface area contributed by atoms with E-state index in [1.165, 1.54) is 0 Å². The standard InChI is InChI=1S/C18H23N5O2/c1-2-3-15-12-16(21-18(20-15)14-4-6-19-7-5-14)23-10-8-22(9-11-23)13-17(24)25/h4-7,12H,2-3,8-11,13H2,1H3,(H,24,25). The fourth-order valence-corrected chi connectivity index (χ4v) is 2.99. The SMILES string of the molecule is CCCc1cc(N2CCN(CC(=O)O)CC2)nc(-c2ccncc2)n1. The Labute approximate surface area is 147 Å². The maximum Gasteiger partial charge on any atom is 0.317 e. The van der Waals surface area contributed by atoms with Crippen molar-refractivity contribution in [1.29, 1.82) is 0 Å². The van der Waals surface area contributed by atoms with Crippen molar-refractivity contribution >= 4 is 11.8 Å². The number of pyridine rings is 1. The normalized spacial score (nSPS) is 15.3. The minimum absolute atomic E-state index is 0.0982. The van der Waals surface area contributed by atoms with E-state index in [-0.39, 0.29) is 6.54 Å². The number of carboxylic acid groups (broad SMARTS) is 1. The molecule has 1 aliphatic heterocycles.